The average Bonchev–Trinajstić information content (AvgIpc) is 2.23. The van der Waals surface area contributed by atoms with Crippen LogP contribution in [0.15, 0.2) is 16.7 Å². The highest BCUT2D eigenvalue weighted by molar-refractivity contribution is 9.10. The van der Waals surface area contributed by atoms with E-state index < -0.39 is 9.84 Å². The van der Waals surface area contributed by atoms with E-state index in [0.717, 1.165) is 28.7 Å². The molecule has 0 amide bonds. The largest absolute Gasteiger partial charge is 0.365 e. The van der Waals surface area contributed by atoms with Crippen molar-refractivity contribution in [3.05, 3.63) is 22.3 Å². The number of nitrogens with zero attached hydrogens (tertiary/aromatic N) is 1. The molecule has 1 N–H and O–H groups in total. The Balaban J connectivity index is 2.13. The smallest absolute Gasteiger partial charge is 0.152 e. The van der Waals surface area contributed by atoms with Gasteiger partial charge in [0, 0.05) is 12.2 Å². The van der Waals surface area contributed by atoms with Crippen LogP contribution in [0.25, 0.3) is 0 Å². The maximum atomic E-state index is 11.5. The second-order valence-corrected chi connectivity index (χ2v) is 7.41. The molecule has 2 rings (SSSR count). The molecule has 1 fully saturated rings. The number of anilines is 1. The number of aromatic nitrogens is 1. The Labute approximate surface area is 110 Å². The summed E-state index contributed by atoms with van der Waals surface area (Å²) in [5.74, 6) is 1.25. The molecule has 0 saturated carbocycles. The van der Waals surface area contributed by atoms with E-state index in [2.05, 4.69) is 26.2 Å². The summed E-state index contributed by atoms with van der Waals surface area (Å²) < 4.78 is 24.0. The monoisotopic (exact) mass is 318 g/mol. The summed E-state index contributed by atoms with van der Waals surface area (Å²) in [4.78, 5) is 4.23. The summed E-state index contributed by atoms with van der Waals surface area (Å²) in [6.45, 7) is 1.98. The van der Waals surface area contributed by atoms with Crippen LogP contribution in [-0.4, -0.2) is 30.9 Å². The fourth-order valence-electron chi connectivity index (χ4n) is 1.97. The van der Waals surface area contributed by atoms with E-state index in [-0.39, 0.29) is 11.8 Å². The molecular weight excluding hydrogens is 304 g/mol. The number of pyridine rings is 1. The molecular formula is C11H15BrN2O2S. The summed E-state index contributed by atoms with van der Waals surface area (Å²) in [6.07, 6.45) is 3.32. The van der Waals surface area contributed by atoms with Crippen LogP contribution in [0, 0.1) is 6.92 Å². The molecule has 1 atom stereocenters. The summed E-state index contributed by atoms with van der Waals surface area (Å²) in [5, 5.41) is 3.21. The number of hydrogen-bond donors (Lipinski definition) is 1. The second-order valence-electron chi connectivity index (χ2n) is 4.39. The summed E-state index contributed by atoms with van der Waals surface area (Å²) in [6, 6.07) is 1.88. The van der Waals surface area contributed by atoms with Crippen molar-refractivity contribution in [1.29, 1.82) is 0 Å². The third kappa shape index (κ3) is 3.19. The van der Waals surface area contributed by atoms with Crippen molar-refractivity contribution in [2.45, 2.75) is 25.8 Å². The molecule has 4 nitrogen and oxygen atoms in total. The van der Waals surface area contributed by atoms with Gasteiger partial charge in [-0.05, 0) is 47.3 Å². The predicted octanol–water partition coefficient (Wildman–Crippen LogP) is 2.14. The van der Waals surface area contributed by atoms with Gasteiger partial charge in [-0.1, -0.05) is 0 Å². The lowest BCUT2D eigenvalue weighted by Crippen LogP contribution is -2.35. The maximum absolute atomic E-state index is 11.5. The molecule has 1 aromatic rings. The van der Waals surface area contributed by atoms with Crippen LogP contribution in [0.4, 0.5) is 5.82 Å². The third-order valence-corrected chi connectivity index (χ3v) is 5.71. The van der Waals surface area contributed by atoms with Crippen LogP contribution in [0.2, 0.25) is 0 Å². The van der Waals surface area contributed by atoms with E-state index >= 15 is 0 Å². The Morgan fingerprint density at radius 3 is 3.00 bits per heavy atom. The van der Waals surface area contributed by atoms with E-state index in [1.807, 2.05) is 13.0 Å². The first-order valence-corrected chi connectivity index (χ1v) is 8.17. The topological polar surface area (TPSA) is 59.1 Å². The Hall–Kier alpha value is -0.620. The number of sulfone groups is 1. The van der Waals surface area contributed by atoms with Gasteiger partial charge in [-0.2, -0.15) is 0 Å². The lowest BCUT2D eigenvalue weighted by atomic mass is 10.2. The molecule has 0 aromatic carbocycles. The van der Waals surface area contributed by atoms with Crippen molar-refractivity contribution in [1.82, 2.24) is 4.98 Å². The van der Waals surface area contributed by atoms with Gasteiger partial charge in [-0.25, -0.2) is 13.4 Å². The van der Waals surface area contributed by atoms with E-state index in [1.165, 1.54) is 0 Å². The molecule has 1 aliphatic heterocycles. The molecule has 0 spiro atoms. The summed E-state index contributed by atoms with van der Waals surface area (Å²) in [7, 11) is -2.88. The zero-order valence-electron chi connectivity index (χ0n) is 9.61. The minimum absolute atomic E-state index is 0.0284. The number of aryl methyl sites for hydroxylation is 1. The Morgan fingerprint density at radius 1 is 1.53 bits per heavy atom. The molecule has 0 bridgehead atoms. The quantitative estimate of drug-likeness (QED) is 0.907. The highest BCUT2D eigenvalue weighted by Gasteiger charge is 2.25. The number of nitrogens with one attached hydrogen (secondary N) is 1. The predicted molar refractivity (Wildman–Crippen MR) is 72.0 cm³/mol. The number of halogens is 1. The molecule has 94 valence electrons. The third-order valence-electron chi connectivity index (χ3n) is 2.89. The molecule has 6 heteroatoms. The Kier molecular flexibility index (Phi) is 3.73. The molecule has 2 heterocycles. The second kappa shape index (κ2) is 4.94. The van der Waals surface area contributed by atoms with Crippen LogP contribution >= 0.6 is 15.9 Å². The number of rotatable bonds is 2. The summed E-state index contributed by atoms with van der Waals surface area (Å²) >= 11 is 3.46. The van der Waals surface area contributed by atoms with E-state index in [4.69, 9.17) is 0 Å². The average molecular weight is 319 g/mol. The van der Waals surface area contributed by atoms with Crippen LogP contribution < -0.4 is 5.32 Å². The molecule has 1 saturated heterocycles. The molecule has 0 aliphatic carbocycles. The van der Waals surface area contributed by atoms with Gasteiger partial charge >= 0.3 is 0 Å². The van der Waals surface area contributed by atoms with Gasteiger partial charge < -0.3 is 5.32 Å². The first kappa shape index (κ1) is 12.8. The van der Waals surface area contributed by atoms with Gasteiger partial charge in [0.05, 0.1) is 16.0 Å². The fourth-order valence-corrected chi connectivity index (χ4v) is 3.96. The standard InChI is InChI=1S/C11H15BrN2O2S/c1-8-4-5-13-11(10(8)12)14-9-3-2-6-17(15,16)7-9/h4-5,9H,2-3,6-7H2,1H3,(H,13,14). The Morgan fingerprint density at radius 2 is 2.29 bits per heavy atom. The highest BCUT2D eigenvalue weighted by atomic mass is 79.9. The minimum atomic E-state index is -2.88. The molecule has 1 aliphatic rings. The van der Waals surface area contributed by atoms with E-state index in [9.17, 15) is 8.42 Å². The van der Waals surface area contributed by atoms with Crippen molar-refractivity contribution in [2.75, 3.05) is 16.8 Å². The first-order chi connectivity index (χ1) is 7.98. The van der Waals surface area contributed by atoms with E-state index in [1.54, 1.807) is 6.20 Å². The molecule has 1 unspecified atom stereocenters. The van der Waals surface area contributed by atoms with Crippen LogP contribution in [-0.2, 0) is 9.84 Å². The normalized spacial score (nSPS) is 23.3. The van der Waals surface area contributed by atoms with Crippen molar-refractivity contribution < 1.29 is 8.42 Å². The van der Waals surface area contributed by atoms with Gasteiger partial charge in [-0.15, -0.1) is 0 Å². The van der Waals surface area contributed by atoms with Gasteiger partial charge in [0.1, 0.15) is 5.82 Å². The van der Waals surface area contributed by atoms with Crippen molar-refractivity contribution in [2.24, 2.45) is 0 Å². The first-order valence-electron chi connectivity index (χ1n) is 5.56. The van der Waals surface area contributed by atoms with Crippen LogP contribution in [0.1, 0.15) is 18.4 Å². The van der Waals surface area contributed by atoms with Crippen molar-refractivity contribution in [3.8, 4) is 0 Å². The molecule has 1 aromatic heterocycles. The van der Waals surface area contributed by atoms with Crippen molar-refractivity contribution >= 4 is 31.6 Å². The SMILES string of the molecule is Cc1ccnc(NC2CCCS(=O)(=O)C2)c1Br. The van der Waals surface area contributed by atoms with Gasteiger partial charge in [0.15, 0.2) is 9.84 Å². The fraction of sp³-hybridized carbons (Fsp3) is 0.545. The lowest BCUT2D eigenvalue weighted by Gasteiger charge is -2.24. The van der Waals surface area contributed by atoms with E-state index in [0.29, 0.717) is 5.75 Å². The van der Waals surface area contributed by atoms with Crippen LogP contribution in [0.5, 0.6) is 0 Å². The molecule has 0 radical (unpaired) electrons. The van der Waals surface area contributed by atoms with Gasteiger partial charge in [0.25, 0.3) is 0 Å². The summed E-state index contributed by atoms with van der Waals surface area (Å²) in [5.41, 5.74) is 1.08. The maximum Gasteiger partial charge on any atom is 0.152 e. The highest BCUT2D eigenvalue weighted by Crippen LogP contribution is 2.25. The van der Waals surface area contributed by atoms with Gasteiger partial charge in [-0.3, -0.25) is 0 Å². The molecule has 17 heavy (non-hydrogen) atoms. The van der Waals surface area contributed by atoms with Gasteiger partial charge in [0.2, 0.25) is 0 Å². The zero-order chi connectivity index (χ0) is 12.5. The zero-order valence-corrected chi connectivity index (χ0v) is 12.0. The lowest BCUT2D eigenvalue weighted by molar-refractivity contribution is 0.561. The minimum Gasteiger partial charge on any atom is -0.365 e. The van der Waals surface area contributed by atoms with Crippen LogP contribution in [0.3, 0.4) is 0 Å². The van der Waals surface area contributed by atoms with Crippen molar-refractivity contribution in [3.63, 3.8) is 0 Å². The number of hydrogen-bond acceptors (Lipinski definition) is 4. The Bertz CT molecular complexity index is 516.